The Hall–Kier alpha value is -2.87. The number of benzene rings is 2. The Kier molecular flexibility index (Phi) is 5.75. The van der Waals surface area contributed by atoms with E-state index in [0.717, 1.165) is 0 Å². The molecule has 0 bridgehead atoms. The zero-order valence-corrected chi connectivity index (χ0v) is 15.1. The number of carbonyl (C=O) groups excluding carboxylic acids is 1. The third kappa shape index (κ3) is 4.46. The second-order valence-corrected chi connectivity index (χ2v) is 6.39. The monoisotopic (exact) mass is 393 g/mol. The predicted octanol–water partition coefficient (Wildman–Crippen LogP) is 3.11. The van der Waals surface area contributed by atoms with Crippen LogP contribution in [-0.2, 0) is 4.79 Å². The number of piperazine rings is 1. The SMILES string of the molecule is O=C(COc1ccc([N+](=O)[O-])cc1Cl)N1CCN(c2ccccc2F)CC1. The molecule has 0 radical (unpaired) electrons. The fraction of sp³-hybridized carbons (Fsp3) is 0.278. The van der Waals surface area contributed by atoms with Crippen molar-refractivity contribution >= 4 is 28.9 Å². The van der Waals surface area contributed by atoms with Crippen LogP contribution in [0, 0.1) is 15.9 Å². The van der Waals surface area contributed by atoms with Gasteiger partial charge in [-0.3, -0.25) is 14.9 Å². The highest BCUT2D eigenvalue weighted by molar-refractivity contribution is 6.32. The van der Waals surface area contributed by atoms with Gasteiger partial charge in [-0.05, 0) is 18.2 Å². The minimum absolute atomic E-state index is 0.0707. The molecule has 1 aliphatic rings. The van der Waals surface area contributed by atoms with Gasteiger partial charge in [-0.2, -0.15) is 0 Å². The van der Waals surface area contributed by atoms with Gasteiger partial charge in [-0.15, -0.1) is 0 Å². The minimum atomic E-state index is -0.560. The first-order chi connectivity index (χ1) is 13.0. The van der Waals surface area contributed by atoms with Crippen LogP contribution in [0.4, 0.5) is 15.8 Å². The fourth-order valence-electron chi connectivity index (χ4n) is 2.86. The molecule has 2 aromatic carbocycles. The van der Waals surface area contributed by atoms with Crippen LogP contribution in [-0.4, -0.2) is 48.5 Å². The first-order valence-electron chi connectivity index (χ1n) is 8.29. The van der Waals surface area contributed by atoms with Gasteiger partial charge in [0.2, 0.25) is 0 Å². The standard InChI is InChI=1S/C18H17ClFN3O4/c19-14-11-13(23(25)26)5-6-17(14)27-12-18(24)22-9-7-21(8-10-22)16-4-2-1-3-15(16)20/h1-6,11H,7-10,12H2. The number of hydrogen-bond acceptors (Lipinski definition) is 5. The van der Waals surface area contributed by atoms with Crippen molar-refractivity contribution in [2.45, 2.75) is 0 Å². The van der Waals surface area contributed by atoms with Gasteiger partial charge in [0.15, 0.2) is 6.61 Å². The van der Waals surface area contributed by atoms with Crippen molar-refractivity contribution < 1.29 is 18.8 Å². The van der Waals surface area contributed by atoms with Gasteiger partial charge >= 0.3 is 0 Å². The summed E-state index contributed by atoms with van der Waals surface area (Å²) in [4.78, 5) is 26.0. The van der Waals surface area contributed by atoms with Crippen LogP contribution in [0.5, 0.6) is 5.75 Å². The fourth-order valence-corrected chi connectivity index (χ4v) is 3.09. The number of nitro benzene ring substituents is 1. The molecule has 0 atom stereocenters. The maximum absolute atomic E-state index is 13.9. The number of halogens is 2. The van der Waals surface area contributed by atoms with E-state index in [1.807, 2.05) is 4.90 Å². The van der Waals surface area contributed by atoms with Crippen molar-refractivity contribution in [3.63, 3.8) is 0 Å². The lowest BCUT2D eigenvalue weighted by Gasteiger charge is -2.36. The molecule has 7 nitrogen and oxygen atoms in total. The number of nitrogens with zero attached hydrogens (tertiary/aromatic N) is 3. The average Bonchev–Trinajstić information content (AvgIpc) is 2.67. The van der Waals surface area contributed by atoms with Gasteiger partial charge in [-0.1, -0.05) is 23.7 Å². The van der Waals surface area contributed by atoms with E-state index >= 15 is 0 Å². The number of hydrogen-bond donors (Lipinski definition) is 0. The van der Waals surface area contributed by atoms with E-state index in [2.05, 4.69) is 0 Å². The maximum atomic E-state index is 13.9. The molecule has 1 aliphatic heterocycles. The number of para-hydroxylation sites is 1. The van der Waals surface area contributed by atoms with E-state index in [1.165, 1.54) is 24.3 Å². The summed E-state index contributed by atoms with van der Waals surface area (Å²) < 4.78 is 19.3. The van der Waals surface area contributed by atoms with Crippen molar-refractivity contribution in [2.75, 3.05) is 37.7 Å². The molecule has 1 heterocycles. The number of anilines is 1. The predicted molar refractivity (Wildman–Crippen MR) is 98.8 cm³/mol. The van der Waals surface area contributed by atoms with Gasteiger partial charge in [0.05, 0.1) is 15.6 Å². The third-order valence-electron chi connectivity index (χ3n) is 4.30. The molecule has 0 aliphatic carbocycles. The highest BCUT2D eigenvalue weighted by atomic mass is 35.5. The number of non-ortho nitro benzene ring substituents is 1. The molecular formula is C18H17ClFN3O4. The number of amides is 1. The topological polar surface area (TPSA) is 75.9 Å². The Morgan fingerprint density at radius 1 is 1.19 bits per heavy atom. The smallest absolute Gasteiger partial charge is 0.271 e. The lowest BCUT2D eigenvalue weighted by atomic mass is 10.2. The van der Waals surface area contributed by atoms with Gasteiger partial charge < -0.3 is 14.5 Å². The van der Waals surface area contributed by atoms with Crippen molar-refractivity contribution in [1.82, 2.24) is 4.90 Å². The summed E-state index contributed by atoms with van der Waals surface area (Å²) in [5, 5.41) is 10.8. The van der Waals surface area contributed by atoms with Crippen molar-refractivity contribution in [2.24, 2.45) is 0 Å². The molecule has 0 unspecified atom stereocenters. The van der Waals surface area contributed by atoms with E-state index in [1.54, 1.807) is 23.1 Å². The summed E-state index contributed by atoms with van der Waals surface area (Å²) in [5.41, 5.74) is 0.376. The summed E-state index contributed by atoms with van der Waals surface area (Å²) >= 11 is 5.95. The summed E-state index contributed by atoms with van der Waals surface area (Å²) in [6.45, 7) is 1.71. The van der Waals surface area contributed by atoms with E-state index in [0.29, 0.717) is 31.9 Å². The van der Waals surface area contributed by atoms with Crippen LogP contribution in [0.1, 0.15) is 0 Å². The van der Waals surface area contributed by atoms with Gasteiger partial charge in [0.25, 0.3) is 11.6 Å². The molecule has 1 fully saturated rings. The zero-order chi connectivity index (χ0) is 19.4. The molecule has 27 heavy (non-hydrogen) atoms. The molecule has 1 amide bonds. The summed E-state index contributed by atoms with van der Waals surface area (Å²) in [5.74, 6) is -0.299. The Labute approximate surface area is 160 Å². The molecule has 0 saturated carbocycles. The van der Waals surface area contributed by atoms with Crippen LogP contribution in [0.3, 0.4) is 0 Å². The Morgan fingerprint density at radius 2 is 1.89 bits per heavy atom. The molecular weight excluding hydrogens is 377 g/mol. The van der Waals surface area contributed by atoms with Gasteiger partial charge in [0, 0.05) is 38.3 Å². The number of ether oxygens (including phenoxy) is 1. The third-order valence-corrected chi connectivity index (χ3v) is 4.60. The summed E-state index contributed by atoms with van der Waals surface area (Å²) in [6.07, 6.45) is 0. The zero-order valence-electron chi connectivity index (χ0n) is 14.3. The largest absolute Gasteiger partial charge is 0.482 e. The summed E-state index contributed by atoms with van der Waals surface area (Å²) in [7, 11) is 0. The molecule has 0 N–H and O–H groups in total. The lowest BCUT2D eigenvalue weighted by Crippen LogP contribution is -2.50. The molecule has 9 heteroatoms. The first-order valence-corrected chi connectivity index (χ1v) is 8.67. The molecule has 142 valence electrons. The molecule has 3 rings (SSSR count). The van der Waals surface area contributed by atoms with Crippen molar-refractivity contribution in [1.29, 1.82) is 0 Å². The molecule has 0 aromatic heterocycles. The van der Waals surface area contributed by atoms with Crippen LogP contribution in [0.15, 0.2) is 42.5 Å². The molecule has 1 saturated heterocycles. The maximum Gasteiger partial charge on any atom is 0.271 e. The van der Waals surface area contributed by atoms with Crippen LogP contribution < -0.4 is 9.64 Å². The summed E-state index contributed by atoms with van der Waals surface area (Å²) in [6, 6.07) is 10.3. The van der Waals surface area contributed by atoms with E-state index in [-0.39, 0.29) is 34.8 Å². The normalized spacial score (nSPS) is 14.1. The first kappa shape index (κ1) is 18.9. The minimum Gasteiger partial charge on any atom is -0.482 e. The van der Waals surface area contributed by atoms with Gasteiger partial charge in [-0.25, -0.2) is 4.39 Å². The van der Waals surface area contributed by atoms with Crippen molar-refractivity contribution in [3.8, 4) is 5.75 Å². The average molecular weight is 394 g/mol. The van der Waals surface area contributed by atoms with Crippen molar-refractivity contribution in [3.05, 3.63) is 63.4 Å². The molecule has 2 aromatic rings. The lowest BCUT2D eigenvalue weighted by molar-refractivity contribution is -0.384. The number of carbonyl (C=O) groups is 1. The van der Waals surface area contributed by atoms with E-state index in [4.69, 9.17) is 16.3 Å². The second-order valence-electron chi connectivity index (χ2n) is 5.98. The van der Waals surface area contributed by atoms with Gasteiger partial charge in [0.1, 0.15) is 11.6 Å². The Balaban J connectivity index is 1.53. The van der Waals surface area contributed by atoms with Crippen LogP contribution in [0.25, 0.3) is 0 Å². The van der Waals surface area contributed by atoms with Crippen LogP contribution in [0.2, 0.25) is 5.02 Å². The second kappa shape index (κ2) is 8.22. The number of nitro groups is 1. The van der Waals surface area contributed by atoms with E-state index < -0.39 is 4.92 Å². The Bertz CT molecular complexity index is 856. The molecule has 0 spiro atoms. The Morgan fingerprint density at radius 3 is 2.52 bits per heavy atom. The highest BCUT2D eigenvalue weighted by Gasteiger charge is 2.23. The quantitative estimate of drug-likeness (QED) is 0.576. The van der Waals surface area contributed by atoms with Crippen LogP contribution >= 0.6 is 11.6 Å². The number of rotatable bonds is 5. The van der Waals surface area contributed by atoms with E-state index in [9.17, 15) is 19.3 Å². The highest BCUT2D eigenvalue weighted by Crippen LogP contribution is 2.28.